The van der Waals surface area contributed by atoms with E-state index in [1.54, 1.807) is 11.3 Å². The van der Waals surface area contributed by atoms with Crippen LogP contribution in [0.25, 0.3) is 0 Å². The number of aromatic nitrogens is 1. The molecule has 0 aliphatic heterocycles. The summed E-state index contributed by atoms with van der Waals surface area (Å²) < 4.78 is 1.07. The minimum atomic E-state index is 0.151. The molecule has 0 radical (unpaired) electrons. The van der Waals surface area contributed by atoms with Crippen molar-refractivity contribution in [1.82, 2.24) is 4.98 Å². The molecule has 90 valence electrons. The number of hydrogen-bond acceptors (Lipinski definition) is 4. The summed E-state index contributed by atoms with van der Waals surface area (Å²) in [7, 11) is 0. The minimum absolute atomic E-state index is 0.151. The van der Waals surface area contributed by atoms with Crippen molar-refractivity contribution < 1.29 is 0 Å². The van der Waals surface area contributed by atoms with Gasteiger partial charge in [0.05, 0.1) is 5.69 Å². The Morgan fingerprint density at radius 1 is 1.41 bits per heavy atom. The Bertz CT molecular complexity index is 479. The van der Waals surface area contributed by atoms with E-state index in [1.165, 1.54) is 0 Å². The normalized spacial score (nSPS) is 12.4. The number of anilines is 2. The van der Waals surface area contributed by atoms with E-state index < -0.39 is 0 Å². The van der Waals surface area contributed by atoms with Crippen molar-refractivity contribution in [3.8, 4) is 0 Å². The smallest absolute Gasteiger partial charge is 0.187 e. The molecule has 1 atom stereocenters. The Kier molecular flexibility index (Phi) is 4.15. The first-order valence-corrected chi connectivity index (χ1v) is 7.03. The molecule has 0 amide bonds. The average Bonchev–Trinajstić information content (AvgIpc) is 2.68. The zero-order chi connectivity index (χ0) is 12.3. The van der Waals surface area contributed by atoms with Gasteiger partial charge in [0.25, 0.3) is 0 Å². The van der Waals surface area contributed by atoms with Gasteiger partial charge < -0.3 is 11.1 Å². The van der Waals surface area contributed by atoms with E-state index in [9.17, 15) is 0 Å². The van der Waals surface area contributed by atoms with Gasteiger partial charge in [-0.05, 0) is 31.2 Å². The average molecular weight is 312 g/mol. The van der Waals surface area contributed by atoms with Gasteiger partial charge in [-0.1, -0.05) is 15.9 Å². The summed E-state index contributed by atoms with van der Waals surface area (Å²) in [6, 6.07) is 8.17. The summed E-state index contributed by atoms with van der Waals surface area (Å²) in [6.45, 7) is 1.99. The lowest BCUT2D eigenvalue weighted by Crippen LogP contribution is -2.17. The lowest BCUT2D eigenvalue weighted by atomic mass is 10.2. The lowest BCUT2D eigenvalue weighted by Gasteiger charge is -2.02. The second-order valence-electron chi connectivity index (χ2n) is 3.96. The third-order valence-electron chi connectivity index (χ3n) is 2.18. The van der Waals surface area contributed by atoms with Crippen LogP contribution >= 0.6 is 27.3 Å². The van der Waals surface area contributed by atoms with Crippen molar-refractivity contribution in [1.29, 1.82) is 0 Å². The maximum atomic E-state index is 5.74. The van der Waals surface area contributed by atoms with E-state index in [4.69, 9.17) is 5.73 Å². The zero-order valence-electron chi connectivity index (χ0n) is 9.48. The van der Waals surface area contributed by atoms with Crippen molar-refractivity contribution in [3.63, 3.8) is 0 Å². The molecule has 0 saturated heterocycles. The largest absolute Gasteiger partial charge is 0.332 e. The van der Waals surface area contributed by atoms with Crippen molar-refractivity contribution in [2.75, 3.05) is 5.32 Å². The molecule has 3 N–H and O–H groups in total. The fourth-order valence-electron chi connectivity index (χ4n) is 1.44. The van der Waals surface area contributed by atoms with Crippen LogP contribution in [-0.4, -0.2) is 11.0 Å². The standard InChI is InChI=1S/C12H14BrN3S/c1-8(14)6-11-7-17-12(16-11)15-10-4-2-9(13)3-5-10/h2-5,7-8H,6,14H2,1H3,(H,15,16). The number of hydrogen-bond donors (Lipinski definition) is 2. The van der Waals surface area contributed by atoms with Crippen molar-refractivity contribution in [3.05, 3.63) is 39.8 Å². The van der Waals surface area contributed by atoms with Crippen LogP contribution in [0.1, 0.15) is 12.6 Å². The second-order valence-corrected chi connectivity index (χ2v) is 5.73. The van der Waals surface area contributed by atoms with Gasteiger partial charge in [-0.15, -0.1) is 11.3 Å². The molecule has 1 aromatic carbocycles. The second kappa shape index (κ2) is 5.62. The highest BCUT2D eigenvalue weighted by Gasteiger charge is 2.04. The van der Waals surface area contributed by atoms with E-state index in [0.29, 0.717) is 0 Å². The molecule has 0 fully saturated rings. The summed E-state index contributed by atoms with van der Waals surface area (Å²) in [6.07, 6.45) is 0.818. The molecule has 0 spiro atoms. The lowest BCUT2D eigenvalue weighted by molar-refractivity contribution is 0.726. The summed E-state index contributed by atoms with van der Waals surface area (Å²) >= 11 is 5.01. The molecule has 3 nitrogen and oxygen atoms in total. The number of thiazole rings is 1. The third kappa shape index (κ3) is 3.80. The molecule has 17 heavy (non-hydrogen) atoms. The number of halogens is 1. The summed E-state index contributed by atoms with van der Waals surface area (Å²) in [5.41, 5.74) is 7.82. The Labute approximate surface area is 113 Å². The van der Waals surface area contributed by atoms with E-state index >= 15 is 0 Å². The molecule has 0 aliphatic rings. The highest BCUT2D eigenvalue weighted by molar-refractivity contribution is 9.10. The van der Waals surface area contributed by atoms with E-state index in [1.807, 2.05) is 36.6 Å². The van der Waals surface area contributed by atoms with Gasteiger partial charge in [0.15, 0.2) is 5.13 Å². The molecule has 0 bridgehead atoms. The number of nitrogens with zero attached hydrogens (tertiary/aromatic N) is 1. The zero-order valence-corrected chi connectivity index (χ0v) is 11.9. The minimum Gasteiger partial charge on any atom is -0.332 e. The van der Waals surface area contributed by atoms with Crippen LogP contribution in [0.2, 0.25) is 0 Å². The molecule has 1 aromatic heterocycles. The van der Waals surface area contributed by atoms with Crippen LogP contribution in [0, 0.1) is 0 Å². The SMILES string of the molecule is CC(N)Cc1csc(Nc2ccc(Br)cc2)n1. The van der Waals surface area contributed by atoms with E-state index in [-0.39, 0.29) is 6.04 Å². The van der Waals surface area contributed by atoms with Gasteiger partial charge in [0.1, 0.15) is 0 Å². The fraction of sp³-hybridized carbons (Fsp3) is 0.250. The third-order valence-corrected chi connectivity index (χ3v) is 3.51. The van der Waals surface area contributed by atoms with Crippen LogP contribution in [0.3, 0.4) is 0 Å². The first-order valence-electron chi connectivity index (χ1n) is 5.36. The van der Waals surface area contributed by atoms with E-state index in [0.717, 1.165) is 27.4 Å². The Hall–Kier alpha value is -0.910. The van der Waals surface area contributed by atoms with Crippen LogP contribution in [0.15, 0.2) is 34.1 Å². The highest BCUT2D eigenvalue weighted by Crippen LogP contribution is 2.22. The van der Waals surface area contributed by atoms with Crippen molar-refractivity contribution >= 4 is 38.1 Å². The predicted octanol–water partition coefficient (Wildman–Crippen LogP) is 3.54. The molecule has 2 rings (SSSR count). The first kappa shape index (κ1) is 12.5. The molecular weight excluding hydrogens is 298 g/mol. The molecule has 0 aliphatic carbocycles. The predicted molar refractivity (Wildman–Crippen MR) is 76.9 cm³/mol. The highest BCUT2D eigenvalue weighted by atomic mass is 79.9. The van der Waals surface area contributed by atoms with Crippen LogP contribution in [-0.2, 0) is 6.42 Å². The fourth-order valence-corrected chi connectivity index (χ4v) is 2.45. The van der Waals surface area contributed by atoms with Gasteiger partial charge in [-0.25, -0.2) is 4.98 Å². The van der Waals surface area contributed by atoms with Gasteiger partial charge in [-0.3, -0.25) is 0 Å². The van der Waals surface area contributed by atoms with Crippen LogP contribution in [0.4, 0.5) is 10.8 Å². The van der Waals surface area contributed by atoms with Gasteiger partial charge in [0.2, 0.25) is 0 Å². The number of rotatable bonds is 4. The number of nitrogens with two attached hydrogens (primary N) is 1. The number of nitrogens with one attached hydrogen (secondary N) is 1. The Morgan fingerprint density at radius 2 is 2.12 bits per heavy atom. The Balaban J connectivity index is 2.03. The van der Waals surface area contributed by atoms with Crippen LogP contribution in [0.5, 0.6) is 0 Å². The Morgan fingerprint density at radius 3 is 2.76 bits per heavy atom. The molecule has 0 saturated carbocycles. The maximum absolute atomic E-state index is 5.74. The number of benzene rings is 1. The quantitative estimate of drug-likeness (QED) is 0.908. The molecule has 5 heteroatoms. The van der Waals surface area contributed by atoms with E-state index in [2.05, 4.69) is 26.2 Å². The molecule has 1 heterocycles. The van der Waals surface area contributed by atoms with Gasteiger partial charge in [0, 0.05) is 28.0 Å². The van der Waals surface area contributed by atoms with Gasteiger partial charge in [-0.2, -0.15) is 0 Å². The van der Waals surface area contributed by atoms with Crippen molar-refractivity contribution in [2.24, 2.45) is 5.73 Å². The summed E-state index contributed by atoms with van der Waals surface area (Å²) in [5.74, 6) is 0. The van der Waals surface area contributed by atoms with Crippen LogP contribution < -0.4 is 11.1 Å². The van der Waals surface area contributed by atoms with Gasteiger partial charge >= 0.3 is 0 Å². The van der Waals surface area contributed by atoms with Crippen molar-refractivity contribution in [2.45, 2.75) is 19.4 Å². The first-order chi connectivity index (χ1) is 8.13. The molecule has 2 aromatic rings. The monoisotopic (exact) mass is 311 g/mol. The molecule has 1 unspecified atom stereocenters. The molecular formula is C12H14BrN3S. The maximum Gasteiger partial charge on any atom is 0.187 e. The summed E-state index contributed by atoms with van der Waals surface area (Å²) in [4.78, 5) is 4.48. The summed E-state index contributed by atoms with van der Waals surface area (Å²) in [5, 5.41) is 6.22. The topological polar surface area (TPSA) is 50.9 Å².